The number of nitrogens with zero attached hydrogens (tertiary/aromatic N) is 2. The molecule has 0 atom stereocenters. The molecule has 0 aliphatic rings. The van der Waals surface area contributed by atoms with Crippen molar-refractivity contribution < 1.29 is 13.9 Å². The number of fused-ring (bicyclic) bond motifs is 1. The maximum Gasteiger partial charge on any atom is 0.263 e. The van der Waals surface area contributed by atoms with Crippen LogP contribution in [-0.2, 0) is 6.54 Å². The van der Waals surface area contributed by atoms with Crippen LogP contribution in [0.15, 0.2) is 59.7 Å². The van der Waals surface area contributed by atoms with Crippen molar-refractivity contribution in [2.75, 3.05) is 7.11 Å². The predicted molar refractivity (Wildman–Crippen MR) is 111 cm³/mol. The highest BCUT2D eigenvalue weighted by atomic mass is 32.1. The van der Waals surface area contributed by atoms with Gasteiger partial charge in [-0.2, -0.15) is 0 Å². The van der Waals surface area contributed by atoms with Crippen molar-refractivity contribution in [1.82, 2.24) is 9.55 Å². The molecule has 0 radical (unpaired) electrons. The number of hydrogen-bond donors (Lipinski definition) is 0. The van der Waals surface area contributed by atoms with Gasteiger partial charge in [0, 0.05) is 16.0 Å². The third kappa shape index (κ3) is 3.56. The normalized spacial score (nSPS) is 11.0. The topological polar surface area (TPSA) is 61.2 Å². The van der Waals surface area contributed by atoms with Crippen molar-refractivity contribution in [2.45, 2.75) is 13.5 Å². The summed E-state index contributed by atoms with van der Waals surface area (Å²) >= 11 is 1.40. The molecule has 29 heavy (non-hydrogen) atoms. The summed E-state index contributed by atoms with van der Waals surface area (Å²) in [6, 6.07) is 12.7. The molecule has 4 aromatic rings. The van der Waals surface area contributed by atoms with E-state index in [1.54, 1.807) is 43.5 Å². The standard InChI is InChI=1S/C22H17FN2O3S/c1-13-19(15-3-7-16(23)8-4-15)20-21(29-13)24-12-25(22(20)27)11-18(26)14-5-9-17(28-2)10-6-14/h3-10,12H,11H2,1-2H3. The molecule has 0 N–H and O–H groups in total. The molecule has 2 aromatic heterocycles. The van der Waals surface area contributed by atoms with Crippen LogP contribution < -0.4 is 10.3 Å². The largest absolute Gasteiger partial charge is 0.497 e. The second-order valence-electron chi connectivity index (χ2n) is 6.55. The number of carbonyl (C=O) groups excluding carboxylic acids is 1. The third-order valence-corrected chi connectivity index (χ3v) is 5.73. The lowest BCUT2D eigenvalue weighted by atomic mass is 10.0. The number of halogens is 1. The Morgan fingerprint density at radius 1 is 1.14 bits per heavy atom. The summed E-state index contributed by atoms with van der Waals surface area (Å²) in [5, 5.41) is 0.448. The van der Waals surface area contributed by atoms with Gasteiger partial charge in [-0.15, -0.1) is 11.3 Å². The molecule has 2 heterocycles. The second kappa shape index (κ2) is 7.60. The average Bonchev–Trinajstić information content (AvgIpc) is 3.07. The number of benzene rings is 2. The van der Waals surface area contributed by atoms with Crippen LogP contribution in [0.1, 0.15) is 15.2 Å². The first-order chi connectivity index (χ1) is 14.0. The fraction of sp³-hybridized carbons (Fsp3) is 0.136. The molecule has 0 fully saturated rings. The number of thiophene rings is 1. The zero-order chi connectivity index (χ0) is 20.5. The molecule has 0 saturated heterocycles. The molecule has 0 unspecified atom stereocenters. The number of Topliss-reactive ketones (excluding diaryl/α,β-unsaturated/α-hetero) is 1. The van der Waals surface area contributed by atoms with Gasteiger partial charge in [0.25, 0.3) is 5.56 Å². The van der Waals surface area contributed by atoms with E-state index in [0.717, 1.165) is 16.0 Å². The van der Waals surface area contributed by atoms with Crippen LogP contribution in [0.4, 0.5) is 4.39 Å². The summed E-state index contributed by atoms with van der Waals surface area (Å²) in [4.78, 5) is 31.7. The minimum Gasteiger partial charge on any atom is -0.497 e. The molecule has 5 nitrogen and oxygen atoms in total. The van der Waals surface area contributed by atoms with E-state index in [2.05, 4.69) is 4.98 Å². The van der Waals surface area contributed by atoms with Crippen molar-refractivity contribution >= 4 is 27.3 Å². The van der Waals surface area contributed by atoms with Crippen LogP contribution in [0.5, 0.6) is 5.75 Å². The Kier molecular flexibility index (Phi) is 4.98. The number of aromatic nitrogens is 2. The van der Waals surface area contributed by atoms with E-state index in [0.29, 0.717) is 21.5 Å². The number of ketones is 1. The number of aryl methyl sites for hydroxylation is 1. The van der Waals surface area contributed by atoms with Gasteiger partial charge in [-0.3, -0.25) is 14.2 Å². The fourth-order valence-corrected chi connectivity index (χ4v) is 4.24. The van der Waals surface area contributed by atoms with Crippen LogP contribution in [-0.4, -0.2) is 22.4 Å². The van der Waals surface area contributed by atoms with Crippen LogP contribution in [0.2, 0.25) is 0 Å². The Hall–Kier alpha value is -3.32. The van der Waals surface area contributed by atoms with Crippen molar-refractivity contribution in [3.05, 3.63) is 81.5 Å². The molecule has 7 heteroatoms. The number of ether oxygens (including phenoxy) is 1. The van der Waals surface area contributed by atoms with Crippen molar-refractivity contribution in [1.29, 1.82) is 0 Å². The molecule has 0 spiro atoms. The Morgan fingerprint density at radius 2 is 1.83 bits per heavy atom. The molecule has 0 amide bonds. The number of methoxy groups -OCH3 is 1. The summed E-state index contributed by atoms with van der Waals surface area (Å²) < 4.78 is 19.7. The van der Waals surface area contributed by atoms with Gasteiger partial charge in [-0.05, 0) is 48.9 Å². The Labute approximate surface area is 170 Å². The van der Waals surface area contributed by atoms with E-state index >= 15 is 0 Å². The first kappa shape index (κ1) is 19.0. The van der Waals surface area contributed by atoms with Gasteiger partial charge in [0.15, 0.2) is 5.78 Å². The van der Waals surface area contributed by atoms with E-state index < -0.39 is 0 Å². The lowest BCUT2D eigenvalue weighted by Crippen LogP contribution is -2.24. The Morgan fingerprint density at radius 3 is 2.48 bits per heavy atom. The van der Waals surface area contributed by atoms with Gasteiger partial charge < -0.3 is 4.74 Å². The molecule has 0 bridgehead atoms. The van der Waals surface area contributed by atoms with Gasteiger partial charge >= 0.3 is 0 Å². The molecule has 146 valence electrons. The van der Waals surface area contributed by atoms with Crippen LogP contribution in [0, 0.1) is 12.7 Å². The first-order valence-corrected chi connectivity index (χ1v) is 9.71. The quantitative estimate of drug-likeness (QED) is 0.457. The molecule has 0 aliphatic heterocycles. The van der Waals surface area contributed by atoms with Crippen molar-refractivity contribution in [3.8, 4) is 16.9 Å². The summed E-state index contributed by atoms with van der Waals surface area (Å²) in [5.74, 6) is 0.109. The number of carbonyl (C=O) groups is 1. The minimum atomic E-state index is -0.341. The van der Waals surface area contributed by atoms with Gasteiger partial charge in [0.2, 0.25) is 0 Å². The maximum absolute atomic E-state index is 13.3. The predicted octanol–water partition coefficient (Wildman–Crippen LogP) is 4.46. The lowest BCUT2D eigenvalue weighted by molar-refractivity contribution is 0.0970. The van der Waals surface area contributed by atoms with Crippen molar-refractivity contribution in [2.24, 2.45) is 0 Å². The third-order valence-electron chi connectivity index (χ3n) is 4.71. The van der Waals surface area contributed by atoms with Gasteiger partial charge in [-0.1, -0.05) is 12.1 Å². The Bertz CT molecular complexity index is 1260. The highest BCUT2D eigenvalue weighted by Gasteiger charge is 2.18. The van der Waals surface area contributed by atoms with Crippen LogP contribution in [0.25, 0.3) is 21.3 Å². The molecule has 0 aliphatic carbocycles. The average molecular weight is 408 g/mol. The number of hydrogen-bond acceptors (Lipinski definition) is 5. The minimum absolute atomic E-state index is 0.119. The van der Waals surface area contributed by atoms with Gasteiger partial charge in [-0.25, -0.2) is 9.37 Å². The Balaban J connectivity index is 1.75. The van der Waals surface area contributed by atoms with E-state index in [4.69, 9.17) is 4.74 Å². The molecule has 2 aromatic carbocycles. The highest BCUT2D eigenvalue weighted by Crippen LogP contribution is 2.35. The van der Waals surface area contributed by atoms with E-state index in [9.17, 15) is 14.0 Å². The zero-order valence-corrected chi connectivity index (χ0v) is 16.6. The fourth-order valence-electron chi connectivity index (χ4n) is 3.24. The van der Waals surface area contributed by atoms with Gasteiger partial charge in [0.1, 0.15) is 16.4 Å². The van der Waals surface area contributed by atoms with E-state index in [1.807, 2.05) is 6.92 Å². The maximum atomic E-state index is 13.3. The first-order valence-electron chi connectivity index (χ1n) is 8.89. The van der Waals surface area contributed by atoms with Crippen molar-refractivity contribution in [3.63, 3.8) is 0 Å². The second-order valence-corrected chi connectivity index (χ2v) is 7.75. The smallest absolute Gasteiger partial charge is 0.263 e. The molecule has 4 rings (SSSR count). The molecular formula is C22H17FN2O3S. The zero-order valence-electron chi connectivity index (χ0n) is 15.8. The summed E-state index contributed by atoms with van der Waals surface area (Å²) in [5.41, 5.74) is 1.67. The molecular weight excluding hydrogens is 391 g/mol. The SMILES string of the molecule is COc1ccc(C(=O)Cn2cnc3sc(C)c(-c4ccc(F)cc4)c3c2=O)cc1. The van der Waals surface area contributed by atoms with E-state index in [-0.39, 0.29) is 23.7 Å². The highest BCUT2D eigenvalue weighted by molar-refractivity contribution is 7.19. The van der Waals surface area contributed by atoms with Crippen LogP contribution in [0.3, 0.4) is 0 Å². The monoisotopic (exact) mass is 408 g/mol. The van der Waals surface area contributed by atoms with Gasteiger partial charge in [0.05, 0.1) is 25.4 Å². The molecule has 0 saturated carbocycles. The summed E-state index contributed by atoms with van der Waals surface area (Å²) in [7, 11) is 1.55. The lowest BCUT2D eigenvalue weighted by Gasteiger charge is -2.07. The van der Waals surface area contributed by atoms with Crippen LogP contribution >= 0.6 is 11.3 Å². The summed E-state index contributed by atoms with van der Waals surface area (Å²) in [6.45, 7) is 1.78. The summed E-state index contributed by atoms with van der Waals surface area (Å²) in [6.07, 6.45) is 1.40. The van der Waals surface area contributed by atoms with E-state index in [1.165, 1.54) is 34.4 Å². The number of rotatable bonds is 5.